The monoisotopic (exact) mass is 301 g/mol. The Kier molecular flexibility index (Phi) is 5.28. The van der Waals surface area contributed by atoms with Crippen molar-refractivity contribution in [1.82, 2.24) is 0 Å². The number of nitrogens with two attached hydrogens (primary N) is 1. The van der Waals surface area contributed by atoms with Crippen molar-refractivity contribution < 1.29 is 13.9 Å². The van der Waals surface area contributed by atoms with E-state index in [0.717, 1.165) is 16.7 Å². The lowest BCUT2D eigenvalue weighted by Gasteiger charge is -2.14. The van der Waals surface area contributed by atoms with Crippen molar-refractivity contribution in [3.8, 4) is 11.1 Å². The summed E-state index contributed by atoms with van der Waals surface area (Å²) in [6.45, 7) is 4.01. The highest BCUT2D eigenvalue weighted by atomic mass is 19.1. The molecule has 0 aliphatic carbocycles. The van der Waals surface area contributed by atoms with E-state index in [-0.39, 0.29) is 13.0 Å². The fourth-order valence-electron chi connectivity index (χ4n) is 2.34. The van der Waals surface area contributed by atoms with Gasteiger partial charge in [0, 0.05) is 11.6 Å². The average Bonchev–Trinajstić information content (AvgIpc) is 2.47. The van der Waals surface area contributed by atoms with E-state index in [0.29, 0.717) is 5.56 Å². The summed E-state index contributed by atoms with van der Waals surface area (Å²) in [5.41, 5.74) is 9.28. The molecule has 0 spiro atoms. The molecule has 0 bridgehead atoms. The largest absolute Gasteiger partial charge is 0.466 e. The van der Waals surface area contributed by atoms with Crippen LogP contribution in [0, 0.1) is 12.7 Å². The molecule has 1 atom stereocenters. The van der Waals surface area contributed by atoms with E-state index < -0.39 is 17.8 Å². The minimum absolute atomic E-state index is 0.0397. The molecule has 0 amide bonds. The number of carbonyl (C=O) groups excluding carboxylic acids is 1. The Balaban J connectivity index is 2.28. The molecule has 4 heteroatoms. The van der Waals surface area contributed by atoms with Crippen LogP contribution in [0.3, 0.4) is 0 Å². The van der Waals surface area contributed by atoms with Crippen LogP contribution < -0.4 is 5.73 Å². The Morgan fingerprint density at radius 1 is 1.23 bits per heavy atom. The average molecular weight is 301 g/mol. The second kappa shape index (κ2) is 7.18. The Labute approximate surface area is 129 Å². The molecule has 116 valence electrons. The lowest BCUT2D eigenvalue weighted by Crippen LogP contribution is -2.18. The molecule has 3 nitrogen and oxygen atoms in total. The van der Waals surface area contributed by atoms with E-state index in [1.807, 2.05) is 31.2 Å². The van der Waals surface area contributed by atoms with Gasteiger partial charge in [-0.2, -0.15) is 0 Å². The van der Waals surface area contributed by atoms with Gasteiger partial charge in [0.2, 0.25) is 0 Å². The smallest absolute Gasteiger partial charge is 0.307 e. The van der Waals surface area contributed by atoms with Gasteiger partial charge in [0.15, 0.2) is 0 Å². The molecule has 0 aliphatic heterocycles. The summed E-state index contributed by atoms with van der Waals surface area (Å²) in [6, 6.07) is 12.0. The summed E-state index contributed by atoms with van der Waals surface area (Å²) in [4.78, 5) is 11.5. The van der Waals surface area contributed by atoms with Gasteiger partial charge in [-0.05, 0) is 37.1 Å². The van der Waals surface area contributed by atoms with Gasteiger partial charge < -0.3 is 10.5 Å². The molecule has 0 saturated heterocycles. The van der Waals surface area contributed by atoms with Crippen molar-refractivity contribution in [2.24, 2.45) is 5.73 Å². The van der Waals surface area contributed by atoms with Crippen LogP contribution in [-0.4, -0.2) is 12.6 Å². The van der Waals surface area contributed by atoms with E-state index in [1.54, 1.807) is 19.1 Å². The Hall–Kier alpha value is -2.20. The zero-order valence-electron chi connectivity index (χ0n) is 12.8. The standard InChI is InChI=1S/C18H20FNO2/c1-3-22-18(21)11-17(20)15-10-14(7-8-16(15)19)13-6-4-5-12(2)9-13/h4-10,17H,3,11,20H2,1-2H3. The van der Waals surface area contributed by atoms with Crippen LogP contribution in [-0.2, 0) is 9.53 Å². The van der Waals surface area contributed by atoms with E-state index in [9.17, 15) is 9.18 Å². The second-order valence-corrected chi connectivity index (χ2v) is 5.22. The fraction of sp³-hybridized carbons (Fsp3) is 0.278. The second-order valence-electron chi connectivity index (χ2n) is 5.22. The molecule has 2 rings (SSSR count). The number of aryl methyl sites for hydroxylation is 1. The number of halogens is 1. The topological polar surface area (TPSA) is 52.3 Å². The van der Waals surface area contributed by atoms with Gasteiger partial charge in [0.25, 0.3) is 0 Å². The first kappa shape index (κ1) is 16.2. The molecule has 0 saturated carbocycles. The van der Waals surface area contributed by atoms with E-state index in [1.165, 1.54) is 6.07 Å². The van der Waals surface area contributed by atoms with Gasteiger partial charge in [-0.3, -0.25) is 4.79 Å². The summed E-state index contributed by atoms with van der Waals surface area (Å²) in [7, 11) is 0. The Bertz CT molecular complexity index is 670. The predicted molar refractivity (Wildman–Crippen MR) is 84.8 cm³/mol. The molecule has 0 heterocycles. The molecule has 0 fully saturated rings. The minimum atomic E-state index is -0.719. The summed E-state index contributed by atoms with van der Waals surface area (Å²) < 4.78 is 18.9. The molecular weight excluding hydrogens is 281 g/mol. The molecular formula is C18H20FNO2. The number of hydrogen-bond acceptors (Lipinski definition) is 3. The van der Waals surface area contributed by atoms with Crippen LogP contribution in [0.25, 0.3) is 11.1 Å². The van der Waals surface area contributed by atoms with Gasteiger partial charge in [-0.1, -0.05) is 35.9 Å². The maximum atomic E-state index is 14.0. The number of rotatable bonds is 5. The fourth-order valence-corrected chi connectivity index (χ4v) is 2.34. The highest BCUT2D eigenvalue weighted by Gasteiger charge is 2.17. The zero-order chi connectivity index (χ0) is 16.1. The molecule has 1 unspecified atom stereocenters. The van der Waals surface area contributed by atoms with E-state index in [4.69, 9.17) is 10.5 Å². The van der Waals surface area contributed by atoms with Crippen LogP contribution in [0.15, 0.2) is 42.5 Å². The van der Waals surface area contributed by atoms with E-state index in [2.05, 4.69) is 0 Å². The highest BCUT2D eigenvalue weighted by molar-refractivity contribution is 5.71. The minimum Gasteiger partial charge on any atom is -0.466 e. The number of esters is 1. The Morgan fingerprint density at radius 3 is 2.64 bits per heavy atom. The van der Waals surface area contributed by atoms with Crippen molar-refractivity contribution >= 4 is 5.97 Å². The number of ether oxygens (including phenoxy) is 1. The highest BCUT2D eigenvalue weighted by Crippen LogP contribution is 2.26. The first-order valence-corrected chi connectivity index (χ1v) is 7.29. The lowest BCUT2D eigenvalue weighted by atomic mass is 9.97. The maximum Gasteiger partial charge on any atom is 0.307 e. The molecule has 2 aromatic carbocycles. The van der Waals surface area contributed by atoms with Crippen LogP contribution in [0.2, 0.25) is 0 Å². The third kappa shape index (κ3) is 3.92. The summed E-state index contributed by atoms with van der Waals surface area (Å²) in [5.74, 6) is -0.830. The summed E-state index contributed by atoms with van der Waals surface area (Å²) in [5, 5.41) is 0. The van der Waals surface area contributed by atoms with Crippen LogP contribution in [0.5, 0.6) is 0 Å². The third-order valence-corrected chi connectivity index (χ3v) is 3.44. The van der Waals surface area contributed by atoms with Crippen molar-refractivity contribution in [2.75, 3.05) is 6.61 Å². The lowest BCUT2D eigenvalue weighted by molar-refractivity contribution is -0.143. The zero-order valence-corrected chi connectivity index (χ0v) is 12.8. The molecule has 22 heavy (non-hydrogen) atoms. The van der Waals surface area contributed by atoms with Crippen molar-refractivity contribution in [3.05, 3.63) is 59.4 Å². The predicted octanol–water partition coefficient (Wildman–Crippen LogP) is 3.75. The molecule has 0 aliphatic rings. The first-order chi connectivity index (χ1) is 10.5. The third-order valence-electron chi connectivity index (χ3n) is 3.44. The molecule has 0 aromatic heterocycles. The van der Waals surface area contributed by atoms with Gasteiger partial charge in [-0.15, -0.1) is 0 Å². The molecule has 2 N–H and O–H groups in total. The van der Waals surface area contributed by atoms with Gasteiger partial charge in [0.1, 0.15) is 5.82 Å². The maximum absolute atomic E-state index is 14.0. The Morgan fingerprint density at radius 2 is 1.95 bits per heavy atom. The SMILES string of the molecule is CCOC(=O)CC(N)c1cc(-c2cccc(C)c2)ccc1F. The van der Waals surface area contributed by atoms with E-state index >= 15 is 0 Å². The normalized spacial score (nSPS) is 12.0. The van der Waals surface area contributed by atoms with Crippen LogP contribution in [0.1, 0.15) is 30.5 Å². The van der Waals surface area contributed by atoms with Crippen molar-refractivity contribution in [2.45, 2.75) is 26.3 Å². The molecule has 0 radical (unpaired) electrons. The summed E-state index contributed by atoms with van der Waals surface area (Å²) >= 11 is 0. The van der Waals surface area contributed by atoms with Crippen molar-refractivity contribution in [1.29, 1.82) is 0 Å². The quantitative estimate of drug-likeness (QED) is 0.856. The summed E-state index contributed by atoms with van der Waals surface area (Å²) in [6.07, 6.45) is -0.0397. The van der Waals surface area contributed by atoms with Crippen LogP contribution >= 0.6 is 0 Å². The first-order valence-electron chi connectivity index (χ1n) is 7.29. The van der Waals surface area contributed by atoms with Gasteiger partial charge in [-0.25, -0.2) is 4.39 Å². The van der Waals surface area contributed by atoms with Crippen molar-refractivity contribution in [3.63, 3.8) is 0 Å². The number of hydrogen-bond donors (Lipinski definition) is 1. The van der Waals surface area contributed by atoms with Gasteiger partial charge in [0.05, 0.1) is 13.0 Å². The molecule has 2 aromatic rings. The van der Waals surface area contributed by atoms with Gasteiger partial charge >= 0.3 is 5.97 Å². The number of benzene rings is 2. The number of carbonyl (C=O) groups is 1. The van der Waals surface area contributed by atoms with Crippen LogP contribution in [0.4, 0.5) is 4.39 Å².